The lowest BCUT2D eigenvalue weighted by Crippen LogP contribution is -2.17. The third-order valence-electron chi connectivity index (χ3n) is 2.91. The molecule has 1 aromatic carbocycles. The Morgan fingerprint density at radius 2 is 1.65 bits per heavy atom. The number of H-pyrrole nitrogens is 1. The van der Waals surface area contributed by atoms with E-state index in [-0.39, 0.29) is 10.5 Å². The first kappa shape index (κ1) is 14.3. The Morgan fingerprint density at radius 1 is 1.05 bits per heavy atom. The Kier molecular flexibility index (Phi) is 3.67. The topological polar surface area (TPSA) is 79.0 Å². The zero-order valence-electron chi connectivity index (χ0n) is 11.5. The number of pyridine rings is 1. The minimum absolute atomic E-state index is 0.273. The molecule has 106 valence electrons. The second-order valence-electron chi connectivity index (χ2n) is 4.77. The number of hydrogen-bond acceptors (Lipinski definition) is 3. The van der Waals surface area contributed by atoms with Gasteiger partial charge in [0.1, 0.15) is 0 Å². The molecular weight excluding hydrogens is 276 g/mol. The average Bonchev–Trinajstić information content (AvgIpc) is 2.30. The Hall–Kier alpha value is -2.08. The van der Waals surface area contributed by atoms with E-state index in [1.807, 2.05) is 19.1 Å². The lowest BCUT2D eigenvalue weighted by Gasteiger charge is -2.13. The van der Waals surface area contributed by atoms with Crippen LogP contribution in [0.4, 0.5) is 5.69 Å². The molecule has 0 atom stereocenters. The fourth-order valence-corrected chi connectivity index (χ4v) is 3.78. The predicted octanol–water partition coefficient (Wildman–Crippen LogP) is 2.10. The van der Waals surface area contributed by atoms with Crippen molar-refractivity contribution in [1.29, 1.82) is 0 Å². The van der Waals surface area contributed by atoms with Gasteiger partial charge in [-0.3, -0.25) is 9.52 Å². The molecule has 1 aromatic heterocycles. The summed E-state index contributed by atoms with van der Waals surface area (Å²) in [6, 6.07) is 6.35. The van der Waals surface area contributed by atoms with E-state index in [0.717, 1.165) is 5.56 Å². The molecule has 0 aliphatic carbocycles. The Bertz CT molecular complexity index is 764. The van der Waals surface area contributed by atoms with Crippen LogP contribution in [0.15, 0.2) is 40.2 Å². The molecule has 20 heavy (non-hydrogen) atoms. The van der Waals surface area contributed by atoms with Crippen molar-refractivity contribution in [3.63, 3.8) is 0 Å². The van der Waals surface area contributed by atoms with Gasteiger partial charge in [0.15, 0.2) is 0 Å². The summed E-state index contributed by atoms with van der Waals surface area (Å²) < 4.78 is 27.3. The predicted molar refractivity (Wildman–Crippen MR) is 78.5 cm³/mol. The highest BCUT2D eigenvalue weighted by atomic mass is 32.2. The smallest absolute Gasteiger partial charge is 0.262 e. The summed E-state index contributed by atoms with van der Waals surface area (Å²) in [4.78, 5) is 13.7. The number of benzene rings is 1. The second kappa shape index (κ2) is 5.13. The van der Waals surface area contributed by atoms with Crippen LogP contribution in [0.1, 0.15) is 16.7 Å². The van der Waals surface area contributed by atoms with Crippen molar-refractivity contribution in [3.8, 4) is 0 Å². The molecule has 2 rings (SSSR count). The number of aromatic nitrogens is 1. The van der Waals surface area contributed by atoms with E-state index in [1.54, 1.807) is 13.8 Å². The van der Waals surface area contributed by atoms with Crippen LogP contribution in [0.25, 0.3) is 0 Å². The van der Waals surface area contributed by atoms with Crippen LogP contribution in [-0.2, 0) is 10.0 Å². The van der Waals surface area contributed by atoms with Gasteiger partial charge >= 0.3 is 0 Å². The van der Waals surface area contributed by atoms with Crippen LogP contribution in [0, 0.1) is 20.8 Å². The number of hydrogen-bond donors (Lipinski definition) is 2. The molecular formula is C14H16N2O3S. The quantitative estimate of drug-likeness (QED) is 0.909. The summed E-state index contributed by atoms with van der Waals surface area (Å²) in [6.07, 6.45) is 1.33. The maximum absolute atomic E-state index is 12.4. The molecule has 0 fully saturated rings. The third kappa shape index (κ3) is 2.91. The fourth-order valence-electron chi connectivity index (χ4n) is 2.27. The van der Waals surface area contributed by atoms with Gasteiger partial charge in [0.05, 0.1) is 10.6 Å². The molecule has 2 aromatic rings. The highest BCUT2D eigenvalue weighted by molar-refractivity contribution is 7.92. The van der Waals surface area contributed by atoms with E-state index in [1.165, 1.54) is 18.3 Å². The Morgan fingerprint density at radius 3 is 2.15 bits per heavy atom. The van der Waals surface area contributed by atoms with E-state index in [2.05, 4.69) is 9.71 Å². The Balaban J connectivity index is 2.46. The van der Waals surface area contributed by atoms with Crippen molar-refractivity contribution >= 4 is 15.7 Å². The number of rotatable bonds is 3. The fraction of sp³-hybridized carbons (Fsp3) is 0.214. The summed E-state index contributed by atoms with van der Waals surface area (Å²) in [5.41, 5.74) is 2.45. The number of anilines is 1. The zero-order valence-corrected chi connectivity index (χ0v) is 12.3. The SMILES string of the molecule is Cc1cc(C)c(S(=O)(=O)Nc2ccc(=O)[nH]c2)c(C)c1. The molecule has 0 unspecified atom stereocenters. The van der Waals surface area contributed by atoms with Crippen molar-refractivity contribution in [2.45, 2.75) is 25.7 Å². The summed E-state index contributed by atoms with van der Waals surface area (Å²) >= 11 is 0. The van der Waals surface area contributed by atoms with Gasteiger partial charge in [0.25, 0.3) is 10.0 Å². The first-order chi connectivity index (χ1) is 9.29. The van der Waals surface area contributed by atoms with Gasteiger partial charge in [0, 0.05) is 12.3 Å². The van der Waals surface area contributed by atoms with E-state index >= 15 is 0 Å². The van der Waals surface area contributed by atoms with Gasteiger partial charge in [-0.2, -0.15) is 0 Å². The summed E-state index contributed by atoms with van der Waals surface area (Å²) in [7, 11) is -3.68. The number of aryl methyl sites for hydroxylation is 3. The van der Waals surface area contributed by atoms with Crippen molar-refractivity contribution in [2.24, 2.45) is 0 Å². The summed E-state index contributed by atoms with van der Waals surface area (Å²) in [5, 5.41) is 0. The molecule has 5 nitrogen and oxygen atoms in total. The lowest BCUT2D eigenvalue weighted by molar-refractivity contribution is 0.600. The number of nitrogens with one attached hydrogen (secondary N) is 2. The van der Waals surface area contributed by atoms with Crippen molar-refractivity contribution < 1.29 is 8.42 Å². The number of aromatic amines is 1. The van der Waals surface area contributed by atoms with Gasteiger partial charge in [0.2, 0.25) is 5.56 Å². The molecule has 0 aliphatic heterocycles. The highest BCUT2D eigenvalue weighted by Crippen LogP contribution is 2.23. The number of sulfonamides is 1. The van der Waals surface area contributed by atoms with Gasteiger partial charge in [-0.1, -0.05) is 17.7 Å². The zero-order chi connectivity index (χ0) is 14.9. The first-order valence-corrected chi connectivity index (χ1v) is 7.57. The molecule has 0 radical (unpaired) electrons. The van der Waals surface area contributed by atoms with Gasteiger partial charge in [-0.05, 0) is 38.0 Å². The minimum atomic E-state index is -3.68. The van der Waals surface area contributed by atoms with Crippen LogP contribution in [0.3, 0.4) is 0 Å². The normalized spacial score (nSPS) is 11.3. The van der Waals surface area contributed by atoms with E-state index in [4.69, 9.17) is 0 Å². The van der Waals surface area contributed by atoms with Crippen LogP contribution >= 0.6 is 0 Å². The van der Waals surface area contributed by atoms with Crippen LogP contribution in [0.2, 0.25) is 0 Å². The highest BCUT2D eigenvalue weighted by Gasteiger charge is 2.19. The van der Waals surface area contributed by atoms with E-state index in [0.29, 0.717) is 16.8 Å². The average molecular weight is 292 g/mol. The van der Waals surface area contributed by atoms with Gasteiger partial charge in [-0.15, -0.1) is 0 Å². The van der Waals surface area contributed by atoms with Crippen molar-refractivity contribution in [1.82, 2.24) is 4.98 Å². The largest absolute Gasteiger partial charge is 0.327 e. The van der Waals surface area contributed by atoms with Crippen LogP contribution < -0.4 is 10.3 Å². The van der Waals surface area contributed by atoms with E-state index in [9.17, 15) is 13.2 Å². The van der Waals surface area contributed by atoms with Crippen molar-refractivity contribution in [2.75, 3.05) is 4.72 Å². The standard InChI is InChI=1S/C14H16N2O3S/c1-9-6-10(2)14(11(3)7-9)20(18,19)16-12-4-5-13(17)15-8-12/h4-8,16H,1-3H3,(H,15,17). The monoisotopic (exact) mass is 292 g/mol. The summed E-state index contributed by atoms with van der Waals surface area (Å²) in [5.74, 6) is 0. The molecule has 0 aliphatic rings. The summed E-state index contributed by atoms with van der Waals surface area (Å²) in [6.45, 7) is 5.45. The molecule has 0 spiro atoms. The molecule has 6 heteroatoms. The second-order valence-corrected chi connectivity index (χ2v) is 6.39. The van der Waals surface area contributed by atoms with Gasteiger partial charge < -0.3 is 4.98 Å². The lowest BCUT2D eigenvalue weighted by atomic mass is 10.1. The molecule has 2 N–H and O–H groups in total. The molecule has 0 amide bonds. The molecule has 0 saturated heterocycles. The maximum atomic E-state index is 12.4. The maximum Gasteiger partial charge on any atom is 0.262 e. The van der Waals surface area contributed by atoms with Crippen LogP contribution in [0.5, 0.6) is 0 Å². The van der Waals surface area contributed by atoms with Gasteiger partial charge in [-0.25, -0.2) is 8.42 Å². The molecule has 1 heterocycles. The first-order valence-electron chi connectivity index (χ1n) is 6.09. The molecule has 0 saturated carbocycles. The molecule has 0 bridgehead atoms. The van der Waals surface area contributed by atoms with Crippen LogP contribution in [-0.4, -0.2) is 13.4 Å². The van der Waals surface area contributed by atoms with Crippen molar-refractivity contribution in [3.05, 3.63) is 57.5 Å². The third-order valence-corrected chi connectivity index (χ3v) is 4.60. The Labute approximate surface area is 117 Å². The minimum Gasteiger partial charge on any atom is -0.327 e. The van der Waals surface area contributed by atoms with E-state index < -0.39 is 10.0 Å².